The number of piperazine rings is 1. The maximum absolute atomic E-state index is 13.0. The van der Waals surface area contributed by atoms with E-state index >= 15 is 0 Å². The minimum Gasteiger partial charge on any atom is -0.444 e. The average Bonchev–Trinajstić information content (AvgIpc) is 2.70. The first-order chi connectivity index (χ1) is 14.0. The summed E-state index contributed by atoms with van der Waals surface area (Å²) in [5.74, 6) is 0.137. The summed E-state index contributed by atoms with van der Waals surface area (Å²) < 4.78 is 5.17. The van der Waals surface area contributed by atoms with Crippen molar-refractivity contribution in [3.63, 3.8) is 0 Å². The molecule has 2 rings (SSSR count). The van der Waals surface area contributed by atoms with Crippen LogP contribution in [0.25, 0.3) is 0 Å². The van der Waals surface area contributed by atoms with E-state index in [4.69, 9.17) is 4.74 Å². The SMILES string of the molecule is CC(C)(C)OC(=O)NCCCC(=O)N1CCN(C(=O)C(C)(C)c2ccccc2)CC1. The second kappa shape index (κ2) is 9.96. The highest BCUT2D eigenvalue weighted by Gasteiger charge is 2.35. The Morgan fingerprint density at radius 1 is 0.933 bits per heavy atom. The molecule has 30 heavy (non-hydrogen) atoms. The van der Waals surface area contributed by atoms with E-state index in [2.05, 4.69) is 5.32 Å². The van der Waals surface area contributed by atoms with E-state index < -0.39 is 17.1 Å². The zero-order valence-electron chi connectivity index (χ0n) is 18.9. The normalized spacial score (nSPS) is 15.0. The molecule has 0 aromatic heterocycles. The summed E-state index contributed by atoms with van der Waals surface area (Å²) >= 11 is 0. The van der Waals surface area contributed by atoms with Crippen molar-refractivity contribution in [2.45, 2.75) is 58.5 Å². The molecule has 1 aromatic rings. The fourth-order valence-electron chi connectivity index (χ4n) is 3.43. The number of hydrogen-bond donors (Lipinski definition) is 1. The lowest BCUT2D eigenvalue weighted by atomic mass is 9.83. The maximum Gasteiger partial charge on any atom is 0.407 e. The Hall–Kier alpha value is -2.57. The molecule has 1 fully saturated rings. The Bertz CT molecular complexity index is 733. The van der Waals surface area contributed by atoms with Crippen LogP contribution in [0.4, 0.5) is 4.79 Å². The van der Waals surface area contributed by atoms with E-state index in [1.165, 1.54) is 0 Å². The number of benzene rings is 1. The van der Waals surface area contributed by atoms with Gasteiger partial charge in [0.1, 0.15) is 5.60 Å². The van der Waals surface area contributed by atoms with Gasteiger partial charge in [-0.3, -0.25) is 9.59 Å². The second-order valence-corrected chi connectivity index (χ2v) is 9.20. The number of ether oxygens (including phenoxy) is 1. The number of nitrogens with zero attached hydrogens (tertiary/aromatic N) is 2. The first-order valence-corrected chi connectivity index (χ1v) is 10.6. The van der Waals surface area contributed by atoms with Crippen molar-refractivity contribution < 1.29 is 19.1 Å². The van der Waals surface area contributed by atoms with Gasteiger partial charge in [0, 0.05) is 39.1 Å². The minimum absolute atomic E-state index is 0.0513. The molecule has 7 nitrogen and oxygen atoms in total. The molecule has 0 spiro atoms. The molecule has 1 aliphatic rings. The van der Waals surface area contributed by atoms with Gasteiger partial charge in [0.2, 0.25) is 11.8 Å². The van der Waals surface area contributed by atoms with Gasteiger partial charge in [0.05, 0.1) is 5.41 Å². The molecule has 1 aliphatic heterocycles. The molecule has 166 valence electrons. The van der Waals surface area contributed by atoms with Crippen molar-refractivity contribution in [3.8, 4) is 0 Å². The van der Waals surface area contributed by atoms with Crippen LogP contribution in [0.2, 0.25) is 0 Å². The van der Waals surface area contributed by atoms with Crippen molar-refractivity contribution in [3.05, 3.63) is 35.9 Å². The summed E-state index contributed by atoms with van der Waals surface area (Å²) in [5, 5.41) is 2.67. The summed E-state index contributed by atoms with van der Waals surface area (Å²) in [6, 6.07) is 9.78. The number of rotatable bonds is 6. The molecule has 1 saturated heterocycles. The van der Waals surface area contributed by atoms with Gasteiger partial charge in [-0.1, -0.05) is 30.3 Å². The lowest BCUT2D eigenvalue weighted by molar-refractivity contribution is -0.142. The molecule has 0 saturated carbocycles. The predicted molar refractivity (Wildman–Crippen MR) is 116 cm³/mol. The quantitative estimate of drug-likeness (QED) is 0.722. The molecule has 0 aliphatic carbocycles. The number of carbonyl (C=O) groups excluding carboxylic acids is 3. The highest BCUT2D eigenvalue weighted by molar-refractivity contribution is 5.87. The predicted octanol–water partition coefficient (Wildman–Crippen LogP) is 2.94. The van der Waals surface area contributed by atoms with Crippen molar-refractivity contribution in [1.29, 1.82) is 0 Å². The van der Waals surface area contributed by atoms with Gasteiger partial charge in [-0.05, 0) is 46.6 Å². The molecule has 0 unspecified atom stereocenters. The third kappa shape index (κ3) is 6.75. The second-order valence-electron chi connectivity index (χ2n) is 9.20. The molecule has 3 amide bonds. The van der Waals surface area contributed by atoms with Crippen molar-refractivity contribution in [2.75, 3.05) is 32.7 Å². The first-order valence-electron chi connectivity index (χ1n) is 10.6. The monoisotopic (exact) mass is 417 g/mol. The van der Waals surface area contributed by atoms with Gasteiger partial charge in [-0.2, -0.15) is 0 Å². The molecule has 0 radical (unpaired) electrons. The number of amides is 3. The van der Waals surface area contributed by atoms with Gasteiger partial charge in [0.15, 0.2) is 0 Å². The molecule has 0 bridgehead atoms. The zero-order valence-corrected chi connectivity index (χ0v) is 18.9. The van der Waals surface area contributed by atoms with E-state index in [1.54, 1.807) is 4.90 Å². The molecule has 1 heterocycles. The van der Waals surface area contributed by atoms with E-state index in [1.807, 2.05) is 69.9 Å². The van der Waals surface area contributed by atoms with Crippen LogP contribution in [0, 0.1) is 0 Å². The summed E-state index contributed by atoms with van der Waals surface area (Å²) in [6.07, 6.45) is 0.445. The van der Waals surface area contributed by atoms with Crippen molar-refractivity contribution >= 4 is 17.9 Å². The third-order valence-electron chi connectivity index (χ3n) is 5.19. The summed E-state index contributed by atoms with van der Waals surface area (Å²) in [4.78, 5) is 40.8. The molecule has 7 heteroatoms. The van der Waals surface area contributed by atoms with Crippen LogP contribution in [0.15, 0.2) is 30.3 Å². The molecule has 1 N–H and O–H groups in total. The van der Waals surface area contributed by atoms with Crippen LogP contribution in [0.1, 0.15) is 53.0 Å². The third-order valence-corrected chi connectivity index (χ3v) is 5.19. The van der Waals surface area contributed by atoms with Gasteiger partial charge < -0.3 is 19.9 Å². The molecule has 0 atom stereocenters. The zero-order chi connectivity index (χ0) is 22.4. The maximum atomic E-state index is 13.0. The van der Waals surface area contributed by atoms with Gasteiger partial charge in [-0.25, -0.2) is 4.79 Å². The van der Waals surface area contributed by atoms with Gasteiger partial charge in [0.25, 0.3) is 0 Å². The van der Waals surface area contributed by atoms with Crippen LogP contribution in [-0.4, -0.2) is 66.0 Å². The Morgan fingerprint density at radius 3 is 2.07 bits per heavy atom. The van der Waals surface area contributed by atoms with Crippen molar-refractivity contribution in [1.82, 2.24) is 15.1 Å². The smallest absolute Gasteiger partial charge is 0.407 e. The summed E-state index contributed by atoms with van der Waals surface area (Å²) in [7, 11) is 0. The van der Waals surface area contributed by atoms with Crippen LogP contribution in [0.5, 0.6) is 0 Å². The van der Waals surface area contributed by atoms with Crippen LogP contribution >= 0.6 is 0 Å². The van der Waals surface area contributed by atoms with E-state index in [9.17, 15) is 14.4 Å². The summed E-state index contributed by atoms with van der Waals surface area (Å²) in [6.45, 7) is 11.9. The summed E-state index contributed by atoms with van der Waals surface area (Å²) in [5.41, 5.74) is -0.140. The topological polar surface area (TPSA) is 79.0 Å². The first kappa shape index (κ1) is 23.7. The van der Waals surface area contributed by atoms with Crippen LogP contribution in [-0.2, 0) is 19.7 Å². The number of carbonyl (C=O) groups is 3. The van der Waals surface area contributed by atoms with E-state index in [0.717, 1.165) is 5.56 Å². The number of alkyl carbamates (subject to hydrolysis) is 1. The lowest BCUT2D eigenvalue weighted by Crippen LogP contribution is -2.54. The number of hydrogen-bond acceptors (Lipinski definition) is 4. The van der Waals surface area contributed by atoms with E-state index in [-0.39, 0.29) is 11.8 Å². The highest BCUT2D eigenvalue weighted by atomic mass is 16.6. The molecular weight excluding hydrogens is 382 g/mol. The van der Waals surface area contributed by atoms with E-state index in [0.29, 0.717) is 45.6 Å². The lowest BCUT2D eigenvalue weighted by Gasteiger charge is -2.39. The average molecular weight is 418 g/mol. The largest absolute Gasteiger partial charge is 0.444 e. The molecular formula is C23H35N3O4. The van der Waals surface area contributed by atoms with Gasteiger partial charge >= 0.3 is 6.09 Å². The Balaban J connectivity index is 1.74. The Kier molecular flexibility index (Phi) is 7.87. The number of nitrogens with one attached hydrogen (secondary N) is 1. The highest BCUT2D eigenvalue weighted by Crippen LogP contribution is 2.26. The van der Waals surface area contributed by atoms with Crippen LogP contribution < -0.4 is 5.32 Å². The Morgan fingerprint density at radius 2 is 1.50 bits per heavy atom. The molecule has 1 aromatic carbocycles. The standard InChI is InChI=1S/C23H35N3O4/c1-22(2,3)30-21(29)24-13-9-12-19(27)25-14-16-26(17-15-25)20(28)23(4,5)18-10-7-6-8-11-18/h6-8,10-11H,9,12-17H2,1-5H3,(H,24,29). The fraction of sp³-hybridized carbons (Fsp3) is 0.609. The van der Waals surface area contributed by atoms with Crippen molar-refractivity contribution in [2.24, 2.45) is 0 Å². The van der Waals surface area contributed by atoms with Crippen LogP contribution in [0.3, 0.4) is 0 Å². The van der Waals surface area contributed by atoms with Gasteiger partial charge in [-0.15, -0.1) is 0 Å². The minimum atomic E-state index is -0.596. The fourth-order valence-corrected chi connectivity index (χ4v) is 3.43. The Labute approximate surface area is 179 Å².